The molecule has 0 amide bonds. The molecule has 1 aliphatic rings. The van der Waals surface area contributed by atoms with Crippen molar-refractivity contribution in [1.29, 1.82) is 0 Å². The Morgan fingerprint density at radius 1 is 1.21 bits per heavy atom. The fourth-order valence-corrected chi connectivity index (χ4v) is 2.64. The molecule has 0 aliphatic carbocycles. The number of hydrogen-bond acceptors (Lipinski definition) is 6. The first kappa shape index (κ1) is 13.8. The highest BCUT2D eigenvalue weighted by molar-refractivity contribution is 5.39. The van der Waals surface area contributed by atoms with Gasteiger partial charge in [-0.2, -0.15) is 15.0 Å². The molecule has 0 spiro atoms. The smallest absolute Gasteiger partial charge is 0.322 e. The van der Waals surface area contributed by atoms with Gasteiger partial charge in [0.15, 0.2) is 0 Å². The van der Waals surface area contributed by atoms with Gasteiger partial charge in [-0.1, -0.05) is 13.8 Å². The summed E-state index contributed by atoms with van der Waals surface area (Å²) >= 11 is 0. The summed E-state index contributed by atoms with van der Waals surface area (Å²) in [6, 6.07) is 0.367. The monoisotopic (exact) mass is 265 g/mol. The van der Waals surface area contributed by atoms with Crippen LogP contribution >= 0.6 is 0 Å². The van der Waals surface area contributed by atoms with Crippen molar-refractivity contribution in [3.8, 4) is 6.01 Å². The highest BCUT2D eigenvalue weighted by atomic mass is 16.5. The molecule has 6 heteroatoms. The molecule has 1 aromatic rings. The third-order valence-corrected chi connectivity index (χ3v) is 3.27. The molecule has 1 aliphatic heterocycles. The molecule has 0 saturated carbocycles. The van der Waals surface area contributed by atoms with Crippen LogP contribution in [0.2, 0.25) is 0 Å². The molecule has 1 saturated heterocycles. The maximum atomic E-state index is 5.16. The molecule has 1 fully saturated rings. The molecule has 0 aromatic carbocycles. The largest absolute Gasteiger partial charge is 0.467 e. The molecule has 6 nitrogen and oxygen atoms in total. The predicted octanol–water partition coefficient (Wildman–Crippen LogP) is 1.79. The number of nitrogens with zero attached hydrogens (tertiary/aromatic N) is 4. The molecular weight excluding hydrogens is 242 g/mol. The van der Waals surface area contributed by atoms with Gasteiger partial charge in [-0.3, -0.25) is 0 Å². The Bertz CT molecular complexity index is 415. The Balaban J connectivity index is 2.24. The molecule has 0 bridgehead atoms. The van der Waals surface area contributed by atoms with E-state index < -0.39 is 0 Å². The summed E-state index contributed by atoms with van der Waals surface area (Å²) in [5.74, 6) is 2.61. The summed E-state index contributed by atoms with van der Waals surface area (Å²) in [5.41, 5.74) is 0. The van der Waals surface area contributed by atoms with Crippen molar-refractivity contribution < 1.29 is 4.74 Å². The van der Waals surface area contributed by atoms with Crippen molar-refractivity contribution in [2.45, 2.75) is 27.2 Å². The third-order valence-electron chi connectivity index (χ3n) is 3.27. The van der Waals surface area contributed by atoms with Gasteiger partial charge in [0.2, 0.25) is 11.9 Å². The van der Waals surface area contributed by atoms with E-state index in [9.17, 15) is 0 Å². The van der Waals surface area contributed by atoms with Crippen LogP contribution in [-0.2, 0) is 0 Å². The van der Waals surface area contributed by atoms with Gasteiger partial charge in [0.25, 0.3) is 0 Å². The summed E-state index contributed by atoms with van der Waals surface area (Å²) in [6.45, 7) is 9.31. The van der Waals surface area contributed by atoms with Gasteiger partial charge in [0.1, 0.15) is 0 Å². The molecule has 2 atom stereocenters. The van der Waals surface area contributed by atoms with Crippen LogP contribution in [0, 0.1) is 11.8 Å². The Kier molecular flexibility index (Phi) is 4.39. The van der Waals surface area contributed by atoms with E-state index in [2.05, 4.69) is 39.0 Å². The van der Waals surface area contributed by atoms with Gasteiger partial charge in [0, 0.05) is 19.6 Å². The predicted molar refractivity (Wildman–Crippen MR) is 75.7 cm³/mol. The molecule has 2 rings (SSSR count). The molecule has 1 N–H and O–H groups in total. The first-order chi connectivity index (χ1) is 9.12. The maximum absolute atomic E-state index is 5.16. The highest BCUT2D eigenvalue weighted by Gasteiger charge is 2.24. The van der Waals surface area contributed by atoms with E-state index in [-0.39, 0.29) is 0 Å². The Morgan fingerprint density at radius 3 is 2.47 bits per heavy atom. The van der Waals surface area contributed by atoms with E-state index in [0.29, 0.717) is 29.7 Å². The molecular formula is C13H23N5O. The van der Waals surface area contributed by atoms with Gasteiger partial charge in [0.05, 0.1) is 7.11 Å². The zero-order chi connectivity index (χ0) is 13.8. The third kappa shape index (κ3) is 3.45. The zero-order valence-corrected chi connectivity index (χ0v) is 12.2. The lowest BCUT2D eigenvalue weighted by Crippen LogP contribution is -2.39. The van der Waals surface area contributed by atoms with Crippen molar-refractivity contribution in [3.63, 3.8) is 0 Å². The van der Waals surface area contributed by atoms with Crippen LogP contribution in [0.3, 0.4) is 0 Å². The number of piperidine rings is 1. The quantitative estimate of drug-likeness (QED) is 0.895. The number of anilines is 2. The van der Waals surface area contributed by atoms with Crippen LogP contribution in [0.1, 0.15) is 27.2 Å². The number of ether oxygens (including phenoxy) is 1. The van der Waals surface area contributed by atoms with Crippen LogP contribution in [-0.4, -0.2) is 41.7 Å². The summed E-state index contributed by atoms with van der Waals surface area (Å²) in [7, 11) is 1.58. The Morgan fingerprint density at radius 2 is 1.89 bits per heavy atom. The average Bonchev–Trinajstić information content (AvgIpc) is 2.37. The second-order valence-electron chi connectivity index (χ2n) is 5.33. The van der Waals surface area contributed by atoms with E-state index >= 15 is 0 Å². The normalized spacial score (nSPS) is 23.3. The number of rotatable bonds is 4. The Labute approximate surface area is 114 Å². The molecule has 1 aromatic heterocycles. The first-order valence-corrected chi connectivity index (χ1v) is 6.91. The van der Waals surface area contributed by atoms with Crippen molar-refractivity contribution in [3.05, 3.63) is 0 Å². The van der Waals surface area contributed by atoms with Gasteiger partial charge < -0.3 is 15.0 Å². The van der Waals surface area contributed by atoms with E-state index in [1.54, 1.807) is 7.11 Å². The highest BCUT2D eigenvalue weighted by Crippen LogP contribution is 2.25. The molecule has 2 unspecified atom stereocenters. The van der Waals surface area contributed by atoms with Crippen LogP contribution in [0.15, 0.2) is 0 Å². The van der Waals surface area contributed by atoms with E-state index in [4.69, 9.17) is 4.74 Å². The topological polar surface area (TPSA) is 63.2 Å². The summed E-state index contributed by atoms with van der Waals surface area (Å²) < 4.78 is 5.16. The van der Waals surface area contributed by atoms with Crippen LogP contribution in [0.5, 0.6) is 6.01 Å². The van der Waals surface area contributed by atoms with Crippen molar-refractivity contribution in [1.82, 2.24) is 15.0 Å². The van der Waals surface area contributed by atoms with Gasteiger partial charge in [-0.15, -0.1) is 0 Å². The second-order valence-corrected chi connectivity index (χ2v) is 5.33. The molecule has 2 heterocycles. The van der Waals surface area contributed by atoms with Crippen molar-refractivity contribution in [2.75, 3.05) is 37.0 Å². The van der Waals surface area contributed by atoms with Crippen LogP contribution in [0.4, 0.5) is 11.9 Å². The number of methoxy groups -OCH3 is 1. The lowest BCUT2D eigenvalue weighted by Gasteiger charge is -2.35. The van der Waals surface area contributed by atoms with Gasteiger partial charge >= 0.3 is 6.01 Å². The lowest BCUT2D eigenvalue weighted by molar-refractivity contribution is 0.348. The van der Waals surface area contributed by atoms with E-state index in [1.807, 2.05) is 6.92 Å². The van der Waals surface area contributed by atoms with Crippen molar-refractivity contribution in [2.24, 2.45) is 11.8 Å². The zero-order valence-electron chi connectivity index (χ0n) is 12.2. The van der Waals surface area contributed by atoms with Crippen LogP contribution in [0.25, 0.3) is 0 Å². The second kappa shape index (κ2) is 6.04. The van der Waals surface area contributed by atoms with E-state index in [1.165, 1.54) is 6.42 Å². The minimum Gasteiger partial charge on any atom is -0.467 e. The summed E-state index contributed by atoms with van der Waals surface area (Å²) in [4.78, 5) is 15.3. The van der Waals surface area contributed by atoms with Gasteiger partial charge in [-0.25, -0.2) is 0 Å². The number of hydrogen-bond donors (Lipinski definition) is 1. The minimum atomic E-state index is 0.367. The maximum Gasteiger partial charge on any atom is 0.322 e. The van der Waals surface area contributed by atoms with E-state index in [0.717, 1.165) is 19.6 Å². The number of aromatic nitrogens is 3. The summed E-state index contributed by atoms with van der Waals surface area (Å²) in [5, 5.41) is 3.12. The van der Waals surface area contributed by atoms with Gasteiger partial charge in [-0.05, 0) is 25.2 Å². The van der Waals surface area contributed by atoms with Crippen molar-refractivity contribution >= 4 is 11.9 Å². The first-order valence-electron chi connectivity index (χ1n) is 6.91. The average molecular weight is 265 g/mol. The Hall–Kier alpha value is -1.59. The lowest BCUT2D eigenvalue weighted by atomic mass is 9.92. The SMILES string of the molecule is CCNc1nc(OC)nc(N2CC(C)CC(C)C2)n1. The fraction of sp³-hybridized carbons (Fsp3) is 0.769. The standard InChI is InChI=1S/C13H23N5O/c1-5-14-11-15-12(17-13(16-11)19-4)18-7-9(2)6-10(3)8-18/h9-10H,5-8H2,1-4H3,(H,14,15,16,17). The molecule has 19 heavy (non-hydrogen) atoms. The molecule has 0 radical (unpaired) electrons. The summed E-state index contributed by atoms with van der Waals surface area (Å²) in [6.07, 6.45) is 1.26. The van der Waals surface area contributed by atoms with Crippen LogP contribution < -0.4 is 15.0 Å². The molecule has 106 valence electrons. The number of nitrogens with one attached hydrogen (secondary N) is 1. The minimum absolute atomic E-state index is 0.367. The fourth-order valence-electron chi connectivity index (χ4n) is 2.64.